The summed E-state index contributed by atoms with van der Waals surface area (Å²) >= 11 is 0. The fourth-order valence-corrected chi connectivity index (χ4v) is 4.43. The summed E-state index contributed by atoms with van der Waals surface area (Å²) in [6, 6.07) is 10.8. The molecule has 0 aliphatic carbocycles. The van der Waals surface area contributed by atoms with Gasteiger partial charge in [-0.05, 0) is 30.2 Å². The molecule has 1 saturated heterocycles. The van der Waals surface area contributed by atoms with Crippen LogP contribution in [-0.2, 0) is 11.3 Å². The van der Waals surface area contributed by atoms with Crippen LogP contribution >= 0.6 is 0 Å². The first-order valence-electron chi connectivity index (χ1n) is 11.3. The normalized spacial score (nSPS) is 21.3. The Morgan fingerprint density at radius 2 is 1.85 bits per heavy atom. The van der Waals surface area contributed by atoms with Crippen molar-refractivity contribution in [3.8, 4) is 0 Å². The molecule has 0 saturated carbocycles. The number of para-hydroxylation sites is 1. The maximum Gasteiger partial charge on any atom is 0.254 e. The summed E-state index contributed by atoms with van der Waals surface area (Å²) in [4.78, 5) is 43.9. The molecular formula is C24H27N7O2. The van der Waals surface area contributed by atoms with Crippen molar-refractivity contribution in [2.75, 3.05) is 25.0 Å². The topological polar surface area (TPSA) is 103 Å². The first-order chi connectivity index (χ1) is 16.0. The van der Waals surface area contributed by atoms with Crippen molar-refractivity contribution in [1.29, 1.82) is 0 Å². The van der Waals surface area contributed by atoms with Gasteiger partial charge in [-0.15, -0.1) is 0 Å². The third-order valence-corrected chi connectivity index (χ3v) is 6.25. The minimum atomic E-state index is -0.470. The van der Waals surface area contributed by atoms with Crippen LogP contribution in [0.15, 0.2) is 48.8 Å². The van der Waals surface area contributed by atoms with E-state index in [4.69, 9.17) is 9.97 Å². The highest BCUT2D eigenvalue weighted by Gasteiger charge is 2.35. The highest BCUT2D eigenvalue weighted by Crippen LogP contribution is 2.25. The first-order valence-corrected chi connectivity index (χ1v) is 11.3. The van der Waals surface area contributed by atoms with Crippen molar-refractivity contribution in [3.05, 3.63) is 60.2 Å². The monoisotopic (exact) mass is 445 g/mol. The lowest BCUT2D eigenvalue weighted by Gasteiger charge is -2.42. The van der Waals surface area contributed by atoms with Crippen molar-refractivity contribution in [2.24, 2.45) is 5.92 Å². The van der Waals surface area contributed by atoms with Gasteiger partial charge in [-0.25, -0.2) is 9.97 Å². The Morgan fingerprint density at radius 1 is 1.06 bits per heavy atom. The van der Waals surface area contributed by atoms with Gasteiger partial charge >= 0.3 is 0 Å². The summed E-state index contributed by atoms with van der Waals surface area (Å²) in [6.45, 7) is 6.04. The number of nitrogens with zero attached hydrogens (tertiary/aromatic N) is 5. The number of carbonyl (C=O) groups excluding carboxylic acids is 2. The maximum absolute atomic E-state index is 13.4. The number of anilines is 1. The van der Waals surface area contributed by atoms with E-state index in [0.29, 0.717) is 43.4 Å². The molecule has 9 heteroatoms. The molecule has 1 aromatic carbocycles. The Morgan fingerprint density at radius 3 is 2.64 bits per heavy atom. The number of hydrogen-bond acceptors (Lipinski definition) is 7. The predicted molar refractivity (Wildman–Crippen MR) is 124 cm³/mol. The highest BCUT2D eigenvalue weighted by atomic mass is 16.2. The van der Waals surface area contributed by atoms with Crippen molar-refractivity contribution < 1.29 is 9.59 Å². The number of amides is 2. The van der Waals surface area contributed by atoms with Gasteiger partial charge in [-0.3, -0.25) is 19.5 Å². The van der Waals surface area contributed by atoms with Gasteiger partial charge in [0, 0.05) is 36.4 Å². The summed E-state index contributed by atoms with van der Waals surface area (Å²) in [7, 11) is 0. The van der Waals surface area contributed by atoms with E-state index in [0.717, 1.165) is 10.9 Å². The lowest BCUT2D eigenvalue weighted by molar-refractivity contribution is -0.125. The quantitative estimate of drug-likeness (QED) is 0.621. The average Bonchev–Trinajstić information content (AvgIpc) is 2.83. The summed E-state index contributed by atoms with van der Waals surface area (Å²) in [5.74, 6) is 1.23. The number of nitrogens with one attached hydrogen (secondary N) is 2. The van der Waals surface area contributed by atoms with E-state index in [-0.39, 0.29) is 23.9 Å². The van der Waals surface area contributed by atoms with E-state index < -0.39 is 6.04 Å². The zero-order valence-electron chi connectivity index (χ0n) is 18.7. The van der Waals surface area contributed by atoms with Gasteiger partial charge in [-0.2, -0.15) is 0 Å². The molecule has 2 unspecified atom stereocenters. The second kappa shape index (κ2) is 8.74. The SMILES string of the molecule is CC(C)C1Nc2nc(nc3ccccc23)CN2CCN(C(=O)c3ccncc3)CC2NC1=O. The number of benzene rings is 1. The summed E-state index contributed by atoms with van der Waals surface area (Å²) in [6.07, 6.45) is 2.89. The summed E-state index contributed by atoms with van der Waals surface area (Å²) in [5, 5.41) is 7.44. The van der Waals surface area contributed by atoms with Crippen LogP contribution in [0.2, 0.25) is 0 Å². The van der Waals surface area contributed by atoms with Crippen LogP contribution in [0.1, 0.15) is 30.0 Å². The number of piperazine rings is 1. The number of pyridine rings is 1. The number of hydrogen-bond donors (Lipinski definition) is 2. The van der Waals surface area contributed by atoms with Crippen molar-refractivity contribution in [2.45, 2.75) is 32.6 Å². The van der Waals surface area contributed by atoms with E-state index in [9.17, 15) is 9.59 Å². The molecule has 2 aliphatic heterocycles. The Hall–Kier alpha value is -3.59. The molecule has 1 fully saturated rings. The molecule has 170 valence electrons. The van der Waals surface area contributed by atoms with E-state index in [1.807, 2.05) is 38.1 Å². The zero-order valence-corrected chi connectivity index (χ0v) is 18.7. The highest BCUT2D eigenvalue weighted by molar-refractivity contribution is 5.94. The Kier molecular flexibility index (Phi) is 5.63. The summed E-state index contributed by atoms with van der Waals surface area (Å²) in [5.41, 5.74) is 1.44. The molecule has 4 heterocycles. The Labute approximate surface area is 192 Å². The van der Waals surface area contributed by atoms with Gasteiger partial charge in [-0.1, -0.05) is 26.0 Å². The first kappa shape index (κ1) is 21.3. The van der Waals surface area contributed by atoms with Crippen molar-refractivity contribution >= 4 is 28.5 Å². The minimum Gasteiger partial charge on any atom is -0.358 e. The molecular weight excluding hydrogens is 418 g/mol. The third kappa shape index (κ3) is 4.23. The van der Waals surface area contributed by atoms with Gasteiger partial charge in [0.25, 0.3) is 5.91 Å². The molecule has 3 aromatic rings. The van der Waals surface area contributed by atoms with Crippen LogP contribution in [0.5, 0.6) is 0 Å². The molecule has 2 bridgehead atoms. The van der Waals surface area contributed by atoms with E-state index in [1.165, 1.54) is 0 Å². The number of aromatic nitrogens is 3. The fourth-order valence-electron chi connectivity index (χ4n) is 4.43. The van der Waals surface area contributed by atoms with Crippen LogP contribution in [0.4, 0.5) is 5.82 Å². The maximum atomic E-state index is 13.4. The van der Waals surface area contributed by atoms with Crippen LogP contribution in [-0.4, -0.2) is 68.4 Å². The van der Waals surface area contributed by atoms with Gasteiger partial charge in [0.05, 0.1) is 18.6 Å². The van der Waals surface area contributed by atoms with Crippen molar-refractivity contribution in [3.63, 3.8) is 0 Å². The predicted octanol–water partition coefficient (Wildman–Crippen LogP) is 1.88. The molecule has 0 spiro atoms. The van der Waals surface area contributed by atoms with Gasteiger partial charge in [0.2, 0.25) is 5.91 Å². The van der Waals surface area contributed by atoms with Crippen molar-refractivity contribution in [1.82, 2.24) is 30.1 Å². The van der Waals surface area contributed by atoms with Gasteiger partial charge in [0.1, 0.15) is 23.8 Å². The third-order valence-electron chi connectivity index (χ3n) is 6.25. The Balaban J connectivity index is 1.49. The van der Waals surface area contributed by atoms with Gasteiger partial charge < -0.3 is 15.5 Å². The second-order valence-electron chi connectivity index (χ2n) is 8.85. The molecule has 2 aromatic heterocycles. The molecule has 0 radical (unpaired) electrons. The fraction of sp³-hybridized carbons (Fsp3) is 0.375. The number of carbonyl (C=O) groups is 2. The smallest absolute Gasteiger partial charge is 0.254 e. The van der Waals surface area contributed by atoms with Crippen LogP contribution in [0.3, 0.4) is 0 Å². The molecule has 33 heavy (non-hydrogen) atoms. The molecule has 9 nitrogen and oxygen atoms in total. The standard InChI is InChI=1S/C24H27N7O2/c1-15(2)21-23(32)28-20-14-31(24(33)16-7-9-25-10-8-16)12-11-30(20)13-19-26-18-6-4-3-5-17(18)22(27-19)29-21/h3-10,15,20-21H,11-14H2,1-2H3,(H,28,32)(H,26,27,29). The van der Waals surface area contributed by atoms with E-state index in [2.05, 4.69) is 20.5 Å². The van der Waals surface area contributed by atoms with Crippen LogP contribution in [0, 0.1) is 5.92 Å². The molecule has 5 rings (SSSR count). The average molecular weight is 446 g/mol. The lowest BCUT2D eigenvalue weighted by Crippen LogP contribution is -2.63. The molecule has 2 atom stereocenters. The summed E-state index contributed by atoms with van der Waals surface area (Å²) < 4.78 is 0. The van der Waals surface area contributed by atoms with E-state index >= 15 is 0 Å². The van der Waals surface area contributed by atoms with Crippen LogP contribution in [0.25, 0.3) is 10.9 Å². The zero-order chi connectivity index (χ0) is 22.9. The molecule has 2 N–H and O–H groups in total. The molecule has 2 aliphatic rings. The van der Waals surface area contributed by atoms with Gasteiger partial charge in [0.15, 0.2) is 0 Å². The second-order valence-corrected chi connectivity index (χ2v) is 8.85. The Bertz CT molecular complexity index is 1180. The number of fused-ring (bicyclic) bond motifs is 5. The molecule has 2 amide bonds. The van der Waals surface area contributed by atoms with Crippen LogP contribution < -0.4 is 10.6 Å². The number of rotatable bonds is 2. The van der Waals surface area contributed by atoms with E-state index in [1.54, 1.807) is 29.4 Å². The largest absolute Gasteiger partial charge is 0.358 e. The lowest BCUT2D eigenvalue weighted by atomic mass is 10.0. The minimum absolute atomic E-state index is 0.0354.